The van der Waals surface area contributed by atoms with Crippen molar-refractivity contribution < 1.29 is 9.53 Å². The first-order chi connectivity index (χ1) is 7.39. The Hall–Kier alpha value is -1.06. The quantitative estimate of drug-likeness (QED) is 0.445. The number of carbonyl (C=O) groups excluding carboxylic acids is 1. The SMILES string of the molecule is CCCC(=NCCC(=O)OC)NC(C)(C)C. The van der Waals surface area contributed by atoms with E-state index in [9.17, 15) is 4.79 Å². The first-order valence-electron chi connectivity index (χ1n) is 5.77. The normalized spacial score (nSPS) is 12.4. The lowest BCUT2D eigenvalue weighted by atomic mass is 10.1. The summed E-state index contributed by atoms with van der Waals surface area (Å²) in [5.41, 5.74) is 0.0132. The molecule has 94 valence electrons. The third-order valence-corrected chi connectivity index (χ3v) is 1.85. The van der Waals surface area contributed by atoms with Gasteiger partial charge in [-0.15, -0.1) is 0 Å². The number of aliphatic imine (C=N–C) groups is 1. The van der Waals surface area contributed by atoms with Crippen LogP contribution in [0.1, 0.15) is 47.0 Å². The summed E-state index contributed by atoms with van der Waals surface area (Å²) in [6.45, 7) is 8.89. The number of rotatable bonds is 5. The van der Waals surface area contributed by atoms with E-state index in [4.69, 9.17) is 0 Å². The highest BCUT2D eigenvalue weighted by Crippen LogP contribution is 2.02. The molecule has 0 amide bonds. The van der Waals surface area contributed by atoms with Crippen molar-refractivity contribution >= 4 is 11.8 Å². The van der Waals surface area contributed by atoms with Crippen molar-refractivity contribution in [2.24, 2.45) is 4.99 Å². The zero-order chi connectivity index (χ0) is 12.6. The van der Waals surface area contributed by atoms with Gasteiger partial charge in [-0.1, -0.05) is 6.92 Å². The van der Waals surface area contributed by atoms with Crippen LogP contribution in [-0.4, -0.2) is 31.0 Å². The van der Waals surface area contributed by atoms with Crippen LogP contribution < -0.4 is 5.32 Å². The molecular formula is C12H24N2O2. The predicted molar refractivity (Wildman–Crippen MR) is 66.7 cm³/mol. The standard InChI is InChI=1S/C12H24N2O2/c1-6-7-10(14-12(2,3)4)13-9-8-11(15)16-5/h6-9H2,1-5H3,(H,13,14). The van der Waals surface area contributed by atoms with E-state index < -0.39 is 0 Å². The monoisotopic (exact) mass is 228 g/mol. The van der Waals surface area contributed by atoms with Crippen LogP contribution >= 0.6 is 0 Å². The van der Waals surface area contributed by atoms with E-state index in [1.807, 2.05) is 0 Å². The number of hydrogen-bond acceptors (Lipinski definition) is 3. The van der Waals surface area contributed by atoms with Crippen molar-refractivity contribution in [2.45, 2.75) is 52.5 Å². The van der Waals surface area contributed by atoms with E-state index in [0.717, 1.165) is 18.7 Å². The van der Waals surface area contributed by atoms with Gasteiger partial charge >= 0.3 is 5.97 Å². The number of nitrogens with zero attached hydrogens (tertiary/aromatic N) is 1. The third kappa shape index (κ3) is 8.26. The number of amidine groups is 1. The van der Waals surface area contributed by atoms with Crippen molar-refractivity contribution in [3.63, 3.8) is 0 Å². The van der Waals surface area contributed by atoms with Crippen LogP contribution in [0.15, 0.2) is 4.99 Å². The largest absolute Gasteiger partial charge is 0.469 e. The zero-order valence-corrected chi connectivity index (χ0v) is 11.1. The van der Waals surface area contributed by atoms with E-state index in [2.05, 4.69) is 42.7 Å². The lowest BCUT2D eigenvalue weighted by molar-refractivity contribution is -0.140. The first-order valence-corrected chi connectivity index (χ1v) is 5.77. The smallest absolute Gasteiger partial charge is 0.307 e. The molecule has 0 spiro atoms. The molecule has 16 heavy (non-hydrogen) atoms. The van der Waals surface area contributed by atoms with E-state index >= 15 is 0 Å². The average molecular weight is 228 g/mol. The maximum atomic E-state index is 10.9. The molecule has 0 bridgehead atoms. The lowest BCUT2D eigenvalue weighted by Crippen LogP contribution is -2.40. The Balaban J connectivity index is 4.19. The minimum atomic E-state index is -0.213. The molecule has 0 radical (unpaired) electrons. The Bertz CT molecular complexity index is 242. The molecule has 0 aliphatic carbocycles. The Kier molecular flexibility index (Phi) is 6.77. The van der Waals surface area contributed by atoms with Gasteiger partial charge < -0.3 is 10.1 Å². The summed E-state index contributed by atoms with van der Waals surface area (Å²) in [6.07, 6.45) is 2.30. The molecule has 0 aromatic rings. The fraction of sp³-hybridized carbons (Fsp3) is 0.833. The molecule has 1 N–H and O–H groups in total. The first kappa shape index (κ1) is 14.9. The number of esters is 1. The van der Waals surface area contributed by atoms with E-state index in [-0.39, 0.29) is 11.5 Å². The zero-order valence-electron chi connectivity index (χ0n) is 11.1. The van der Waals surface area contributed by atoms with Gasteiger partial charge in [0.2, 0.25) is 0 Å². The number of methoxy groups -OCH3 is 1. The van der Waals surface area contributed by atoms with Gasteiger partial charge in [0, 0.05) is 12.0 Å². The molecule has 4 heteroatoms. The van der Waals surface area contributed by atoms with Crippen LogP contribution in [0.4, 0.5) is 0 Å². The maximum absolute atomic E-state index is 10.9. The highest BCUT2D eigenvalue weighted by Gasteiger charge is 2.11. The molecule has 0 rings (SSSR count). The highest BCUT2D eigenvalue weighted by molar-refractivity contribution is 5.83. The molecule has 0 aromatic carbocycles. The average Bonchev–Trinajstić information content (AvgIpc) is 2.15. The minimum Gasteiger partial charge on any atom is -0.469 e. The summed E-state index contributed by atoms with van der Waals surface area (Å²) >= 11 is 0. The van der Waals surface area contributed by atoms with E-state index in [1.54, 1.807) is 0 Å². The Morgan fingerprint density at radius 3 is 2.38 bits per heavy atom. The predicted octanol–water partition coefficient (Wildman–Crippen LogP) is 2.14. The van der Waals surface area contributed by atoms with E-state index in [0.29, 0.717) is 13.0 Å². The molecule has 0 heterocycles. The van der Waals surface area contributed by atoms with Gasteiger partial charge in [0.15, 0.2) is 0 Å². The second-order valence-electron chi connectivity index (χ2n) is 4.78. The van der Waals surface area contributed by atoms with Crippen LogP contribution in [0.2, 0.25) is 0 Å². The van der Waals surface area contributed by atoms with Crippen molar-refractivity contribution in [1.29, 1.82) is 0 Å². The second kappa shape index (κ2) is 7.25. The molecule has 0 saturated heterocycles. The number of hydrogen-bond donors (Lipinski definition) is 1. The molecule has 0 atom stereocenters. The number of nitrogens with one attached hydrogen (secondary N) is 1. The molecule has 0 aliphatic heterocycles. The van der Waals surface area contributed by atoms with Crippen LogP contribution in [-0.2, 0) is 9.53 Å². The molecule has 0 saturated carbocycles. The van der Waals surface area contributed by atoms with Gasteiger partial charge in [0.05, 0.1) is 25.9 Å². The maximum Gasteiger partial charge on any atom is 0.307 e. The van der Waals surface area contributed by atoms with Crippen LogP contribution in [0.5, 0.6) is 0 Å². The third-order valence-electron chi connectivity index (χ3n) is 1.85. The molecule has 0 aromatic heterocycles. The van der Waals surface area contributed by atoms with Crippen LogP contribution in [0.25, 0.3) is 0 Å². The number of ether oxygens (including phenoxy) is 1. The van der Waals surface area contributed by atoms with Gasteiger partial charge in [0.25, 0.3) is 0 Å². The summed E-state index contributed by atoms with van der Waals surface area (Å²) in [6, 6.07) is 0. The summed E-state index contributed by atoms with van der Waals surface area (Å²) in [5.74, 6) is 0.759. The molecule has 0 aliphatic rings. The van der Waals surface area contributed by atoms with Crippen molar-refractivity contribution in [3.8, 4) is 0 Å². The van der Waals surface area contributed by atoms with Crippen LogP contribution in [0, 0.1) is 0 Å². The van der Waals surface area contributed by atoms with Gasteiger partial charge in [-0.25, -0.2) is 0 Å². The van der Waals surface area contributed by atoms with Gasteiger partial charge in [-0.2, -0.15) is 0 Å². The molecule has 0 fully saturated rings. The van der Waals surface area contributed by atoms with Crippen molar-refractivity contribution in [1.82, 2.24) is 5.32 Å². The fourth-order valence-electron chi connectivity index (χ4n) is 1.23. The van der Waals surface area contributed by atoms with Gasteiger partial charge in [-0.05, 0) is 27.2 Å². The Morgan fingerprint density at radius 1 is 1.31 bits per heavy atom. The Morgan fingerprint density at radius 2 is 1.94 bits per heavy atom. The summed E-state index contributed by atoms with van der Waals surface area (Å²) in [4.78, 5) is 15.3. The van der Waals surface area contributed by atoms with Crippen molar-refractivity contribution in [2.75, 3.05) is 13.7 Å². The summed E-state index contributed by atoms with van der Waals surface area (Å²) in [5, 5.41) is 3.35. The molecule has 0 unspecified atom stereocenters. The summed E-state index contributed by atoms with van der Waals surface area (Å²) < 4.78 is 4.56. The minimum absolute atomic E-state index is 0.0132. The van der Waals surface area contributed by atoms with Crippen LogP contribution in [0.3, 0.4) is 0 Å². The second-order valence-corrected chi connectivity index (χ2v) is 4.78. The number of carbonyl (C=O) groups is 1. The summed E-state index contributed by atoms with van der Waals surface area (Å²) in [7, 11) is 1.40. The molecule has 4 nitrogen and oxygen atoms in total. The Labute approximate surface area is 98.5 Å². The fourth-order valence-corrected chi connectivity index (χ4v) is 1.23. The molecular weight excluding hydrogens is 204 g/mol. The van der Waals surface area contributed by atoms with E-state index in [1.165, 1.54) is 7.11 Å². The van der Waals surface area contributed by atoms with Gasteiger partial charge in [0.1, 0.15) is 0 Å². The van der Waals surface area contributed by atoms with Gasteiger partial charge in [-0.3, -0.25) is 9.79 Å². The highest BCUT2D eigenvalue weighted by atomic mass is 16.5. The van der Waals surface area contributed by atoms with Crippen molar-refractivity contribution in [3.05, 3.63) is 0 Å². The topological polar surface area (TPSA) is 50.7 Å². The lowest BCUT2D eigenvalue weighted by Gasteiger charge is -2.23.